The van der Waals surface area contributed by atoms with Gasteiger partial charge in [0.25, 0.3) is 5.91 Å². The molecule has 0 radical (unpaired) electrons. The first-order valence-electron chi connectivity index (χ1n) is 8.60. The van der Waals surface area contributed by atoms with Gasteiger partial charge >= 0.3 is 5.97 Å². The van der Waals surface area contributed by atoms with Crippen molar-refractivity contribution in [1.29, 1.82) is 0 Å². The Morgan fingerprint density at radius 2 is 1.76 bits per heavy atom. The fourth-order valence-corrected chi connectivity index (χ4v) is 3.25. The van der Waals surface area contributed by atoms with E-state index in [1.807, 2.05) is 42.5 Å². The van der Waals surface area contributed by atoms with Crippen LogP contribution < -0.4 is 4.74 Å². The van der Waals surface area contributed by atoms with Crippen LogP contribution in [-0.2, 0) is 14.3 Å². The van der Waals surface area contributed by atoms with Crippen LogP contribution in [0.15, 0.2) is 42.5 Å². The largest absolute Gasteiger partial charge is 0.481 e. The molecule has 5 nitrogen and oxygen atoms in total. The predicted molar refractivity (Wildman–Crippen MR) is 95.4 cm³/mol. The molecule has 2 aromatic carbocycles. The maximum atomic E-state index is 12.6. The van der Waals surface area contributed by atoms with Crippen LogP contribution in [0.25, 0.3) is 10.8 Å². The molecule has 5 heteroatoms. The monoisotopic (exact) mass is 341 g/mol. The van der Waals surface area contributed by atoms with Gasteiger partial charge in [0.1, 0.15) is 5.75 Å². The standard InChI is InChI=1S/C20H23NO4/c1-14(19(22)21-11-9-16(10-12-21)20(23)24-2)25-18-8-7-15-5-3-4-6-17(15)13-18/h3-8,13-14,16H,9-12H2,1-2H3/t14-/m0/s1. The number of piperidine rings is 1. The van der Waals surface area contributed by atoms with Gasteiger partial charge in [-0.3, -0.25) is 9.59 Å². The zero-order valence-electron chi connectivity index (χ0n) is 14.6. The number of fused-ring (bicyclic) bond motifs is 1. The third-order valence-corrected chi connectivity index (χ3v) is 4.72. The molecule has 2 aromatic rings. The Bertz CT molecular complexity index is 765. The van der Waals surface area contributed by atoms with E-state index in [0.29, 0.717) is 31.7 Å². The van der Waals surface area contributed by atoms with Crippen molar-refractivity contribution in [3.05, 3.63) is 42.5 Å². The van der Waals surface area contributed by atoms with Gasteiger partial charge in [-0.1, -0.05) is 30.3 Å². The van der Waals surface area contributed by atoms with E-state index in [4.69, 9.17) is 9.47 Å². The number of hydrogen-bond donors (Lipinski definition) is 0. The van der Waals surface area contributed by atoms with Gasteiger partial charge in [-0.25, -0.2) is 0 Å². The average Bonchev–Trinajstić information content (AvgIpc) is 2.66. The molecule has 1 aliphatic heterocycles. The second-order valence-corrected chi connectivity index (χ2v) is 6.39. The Labute approximate surface area is 147 Å². The Morgan fingerprint density at radius 3 is 2.44 bits per heavy atom. The second kappa shape index (κ2) is 7.55. The molecule has 0 spiro atoms. The highest BCUT2D eigenvalue weighted by atomic mass is 16.5. The number of methoxy groups -OCH3 is 1. The van der Waals surface area contributed by atoms with Crippen LogP contribution in [0.2, 0.25) is 0 Å². The lowest BCUT2D eigenvalue weighted by Crippen LogP contribution is -2.45. The van der Waals surface area contributed by atoms with Gasteiger partial charge in [0, 0.05) is 13.1 Å². The van der Waals surface area contributed by atoms with E-state index in [1.165, 1.54) is 7.11 Å². The van der Waals surface area contributed by atoms with Gasteiger partial charge in [0.15, 0.2) is 6.10 Å². The van der Waals surface area contributed by atoms with E-state index in [1.54, 1.807) is 11.8 Å². The van der Waals surface area contributed by atoms with Crippen LogP contribution in [-0.4, -0.2) is 43.1 Å². The molecule has 1 heterocycles. The van der Waals surface area contributed by atoms with Gasteiger partial charge in [-0.2, -0.15) is 0 Å². The molecule has 1 fully saturated rings. The molecule has 0 unspecified atom stereocenters. The number of likely N-dealkylation sites (tertiary alicyclic amines) is 1. The SMILES string of the molecule is COC(=O)C1CCN(C(=O)[C@H](C)Oc2ccc3ccccc3c2)CC1. The molecule has 1 aliphatic rings. The molecule has 25 heavy (non-hydrogen) atoms. The first-order chi connectivity index (χ1) is 12.1. The highest BCUT2D eigenvalue weighted by Gasteiger charge is 2.30. The molecule has 1 amide bonds. The number of nitrogens with zero attached hydrogens (tertiary/aromatic N) is 1. The molecule has 1 saturated heterocycles. The Balaban J connectivity index is 1.59. The fraction of sp³-hybridized carbons (Fsp3) is 0.400. The van der Waals surface area contributed by atoms with E-state index in [0.717, 1.165) is 10.8 Å². The lowest BCUT2D eigenvalue weighted by Gasteiger charge is -2.32. The number of carbonyl (C=O) groups is 2. The number of ether oxygens (including phenoxy) is 2. The van der Waals surface area contributed by atoms with E-state index in [2.05, 4.69) is 0 Å². The fourth-order valence-electron chi connectivity index (χ4n) is 3.25. The summed E-state index contributed by atoms with van der Waals surface area (Å²) in [5.74, 6) is 0.346. The molecule has 0 aromatic heterocycles. The number of esters is 1. The predicted octanol–water partition coefficient (Wildman–Crippen LogP) is 3.02. The van der Waals surface area contributed by atoms with Crippen LogP contribution in [0, 0.1) is 5.92 Å². The van der Waals surface area contributed by atoms with Gasteiger partial charge in [0.05, 0.1) is 13.0 Å². The summed E-state index contributed by atoms with van der Waals surface area (Å²) in [7, 11) is 1.40. The minimum atomic E-state index is -0.559. The second-order valence-electron chi connectivity index (χ2n) is 6.39. The van der Waals surface area contributed by atoms with Gasteiger partial charge in [-0.15, -0.1) is 0 Å². The van der Waals surface area contributed by atoms with Gasteiger partial charge in [0.2, 0.25) is 0 Å². The zero-order chi connectivity index (χ0) is 17.8. The van der Waals surface area contributed by atoms with Crippen LogP contribution in [0.4, 0.5) is 0 Å². The summed E-state index contributed by atoms with van der Waals surface area (Å²) in [5.41, 5.74) is 0. The Kier molecular flexibility index (Phi) is 5.22. The van der Waals surface area contributed by atoms with E-state index in [-0.39, 0.29) is 17.8 Å². The number of hydrogen-bond acceptors (Lipinski definition) is 4. The third-order valence-electron chi connectivity index (χ3n) is 4.72. The summed E-state index contributed by atoms with van der Waals surface area (Å²) in [6, 6.07) is 13.9. The van der Waals surface area contributed by atoms with Crippen molar-refractivity contribution in [2.45, 2.75) is 25.9 Å². The minimum absolute atomic E-state index is 0.0449. The first-order valence-corrected chi connectivity index (χ1v) is 8.60. The highest BCUT2D eigenvalue weighted by molar-refractivity contribution is 5.84. The summed E-state index contributed by atoms with van der Waals surface area (Å²) in [6.07, 6.45) is 0.721. The van der Waals surface area contributed by atoms with Crippen LogP contribution in [0.5, 0.6) is 5.75 Å². The molecule has 1 atom stereocenters. The zero-order valence-corrected chi connectivity index (χ0v) is 14.6. The maximum absolute atomic E-state index is 12.6. The normalized spacial score (nSPS) is 16.5. The van der Waals surface area contributed by atoms with Crippen molar-refractivity contribution in [2.75, 3.05) is 20.2 Å². The van der Waals surface area contributed by atoms with Crippen molar-refractivity contribution in [3.63, 3.8) is 0 Å². The van der Waals surface area contributed by atoms with E-state index < -0.39 is 6.10 Å². The molecule has 132 valence electrons. The molecule has 0 aliphatic carbocycles. The summed E-state index contributed by atoms with van der Waals surface area (Å²) >= 11 is 0. The minimum Gasteiger partial charge on any atom is -0.481 e. The molecule has 0 saturated carbocycles. The highest BCUT2D eigenvalue weighted by Crippen LogP contribution is 2.23. The molecule has 0 N–H and O–H groups in total. The average molecular weight is 341 g/mol. The topological polar surface area (TPSA) is 55.8 Å². The quantitative estimate of drug-likeness (QED) is 0.802. The molecule has 0 bridgehead atoms. The smallest absolute Gasteiger partial charge is 0.308 e. The Hall–Kier alpha value is -2.56. The maximum Gasteiger partial charge on any atom is 0.308 e. The lowest BCUT2D eigenvalue weighted by atomic mass is 9.97. The van der Waals surface area contributed by atoms with Crippen LogP contribution >= 0.6 is 0 Å². The van der Waals surface area contributed by atoms with Crippen molar-refractivity contribution < 1.29 is 19.1 Å². The molecular weight excluding hydrogens is 318 g/mol. The Morgan fingerprint density at radius 1 is 1.08 bits per heavy atom. The lowest BCUT2D eigenvalue weighted by molar-refractivity contribution is -0.150. The number of carbonyl (C=O) groups excluding carboxylic acids is 2. The van der Waals surface area contributed by atoms with E-state index in [9.17, 15) is 9.59 Å². The van der Waals surface area contributed by atoms with Crippen molar-refractivity contribution in [1.82, 2.24) is 4.90 Å². The van der Waals surface area contributed by atoms with Crippen molar-refractivity contribution in [3.8, 4) is 5.75 Å². The first kappa shape index (κ1) is 17.3. The van der Waals surface area contributed by atoms with E-state index >= 15 is 0 Å². The molecule has 3 rings (SSSR count). The van der Waals surface area contributed by atoms with Crippen molar-refractivity contribution in [2.24, 2.45) is 5.92 Å². The van der Waals surface area contributed by atoms with Gasteiger partial charge in [-0.05, 0) is 42.7 Å². The van der Waals surface area contributed by atoms with Gasteiger partial charge < -0.3 is 14.4 Å². The van der Waals surface area contributed by atoms with Crippen LogP contribution in [0.3, 0.4) is 0 Å². The third kappa shape index (κ3) is 3.92. The summed E-state index contributed by atoms with van der Waals surface area (Å²) in [5, 5.41) is 2.22. The number of rotatable bonds is 4. The summed E-state index contributed by atoms with van der Waals surface area (Å²) in [4.78, 5) is 25.9. The van der Waals surface area contributed by atoms with Crippen molar-refractivity contribution >= 4 is 22.6 Å². The molecular formula is C20H23NO4. The summed E-state index contributed by atoms with van der Waals surface area (Å²) < 4.78 is 10.6. The number of benzene rings is 2. The van der Waals surface area contributed by atoms with Crippen LogP contribution in [0.1, 0.15) is 19.8 Å². The number of amides is 1. The summed E-state index contributed by atoms with van der Waals surface area (Å²) in [6.45, 7) is 2.89.